The number of nitrogen functional groups attached to an aromatic ring is 1. The van der Waals surface area contributed by atoms with Crippen LogP contribution >= 0.6 is 0 Å². The first-order chi connectivity index (χ1) is 9.79. The van der Waals surface area contributed by atoms with Crippen molar-refractivity contribution in [1.29, 1.82) is 0 Å². The molecule has 1 aromatic heterocycles. The molecule has 0 saturated heterocycles. The number of nitrogens with zero attached hydrogens (tertiary/aromatic N) is 2. The van der Waals surface area contributed by atoms with Crippen molar-refractivity contribution in [2.24, 2.45) is 0 Å². The zero-order valence-corrected chi connectivity index (χ0v) is 11.5. The third-order valence-electron chi connectivity index (χ3n) is 4.49. The molecule has 2 saturated carbocycles. The van der Waals surface area contributed by atoms with E-state index in [1.54, 1.807) is 0 Å². The number of hydrogen-bond donors (Lipinski definition) is 1. The standard InChI is InChI=1S/C17H19N3/c18-16-10-15(19-17(20-16)14-8-9-14)13-6-4-12(5-7-13)11-2-1-3-11/h4-7,10-11,14H,1-3,8-9H2,(H2,18,19,20). The van der Waals surface area contributed by atoms with Crippen molar-refractivity contribution in [2.45, 2.75) is 43.9 Å². The highest BCUT2D eigenvalue weighted by Crippen LogP contribution is 2.39. The quantitative estimate of drug-likeness (QED) is 0.916. The van der Waals surface area contributed by atoms with Crippen LogP contribution in [-0.4, -0.2) is 9.97 Å². The van der Waals surface area contributed by atoms with Gasteiger partial charge in [-0.05, 0) is 37.2 Å². The maximum Gasteiger partial charge on any atom is 0.134 e. The first-order valence-electron chi connectivity index (χ1n) is 7.54. The summed E-state index contributed by atoms with van der Waals surface area (Å²) in [5.74, 6) is 2.82. The van der Waals surface area contributed by atoms with Gasteiger partial charge in [-0.2, -0.15) is 0 Å². The smallest absolute Gasteiger partial charge is 0.134 e. The molecule has 3 nitrogen and oxygen atoms in total. The fourth-order valence-electron chi connectivity index (χ4n) is 2.82. The van der Waals surface area contributed by atoms with Gasteiger partial charge in [-0.3, -0.25) is 0 Å². The Balaban J connectivity index is 1.65. The fraction of sp³-hybridized carbons (Fsp3) is 0.412. The summed E-state index contributed by atoms with van der Waals surface area (Å²) in [5.41, 5.74) is 9.48. The summed E-state index contributed by atoms with van der Waals surface area (Å²) < 4.78 is 0. The van der Waals surface area contributed by atoms with Crippen LogP contribution in [0.2, 0.25) is 0 Å². The Labute approximate surface area is 119 Å². The molecule has 1 aromatic carbocycles. The lowest BCUT2D eigenvalue weighted by Crippen LogP contribution is -2.08. The van der Waals surface area contributed by atoms with Gasteiger partial charge in [-0.25, -0.2) is 9.97 Å². The van der Waals surface area contributed by atoms with Gasteiger partial charge < -0.3 is 5.73 Å². The van der Waals surface area contributed by atoms with Crippen molar-refractivity contribution >= 4 is 5.82 Å². The highest BCUT2D eigenvalue weighted by molar-refractivity contribution is 5.62. The minimum atomic E-state index is 0.534. The second-order valence-corrected chi connectivity index (χ2v) is 6.06. The van der Waals surface area contributed by atoms with Crippen molar-refractivity contribution in [3.63, 3.8) is 0 Å². The molecule has 1 heterocycles. The largest absolute Gasteiger partial charge is 0.384 e. The lowest BCUT2D eigenvalue weighted by molar-refractivity contribution is 0.420. The third-order valence-corrected chi connectivity index (χ3v) is 4.49. The molecule has 0 atom stereocenters. The van der Waals surface area contributed by atoms with Crippen molar-refractivity contribution < 1.29 is 0 Å². The summed E-state index contributed by atoms with van der Waals surface area (Å²) in [6.45, 7) is 0. The fourth-order valence-corrected chi connectivity index (χ4v) is 2.82. The van der Waals surface area contributed by atoms with Gasteiger partial charge in [-0.15, -0.1) is 0 Å². The zero-order chi connectivity index (χ0) is 13.5. The molecule has 4 rings (SSSR count). The van der Waals surface area contributed by atoms with E-state index in [0.717, 1.165) is 23.0 Å². The molecular formula is C17H19N3. The summed E-state index contributed by atoms with van der Waals surface area (Å²) in [6.07, 6.45) is 6.45. The van der Waals surface area contributed by atoms with Gasteiger partial charge in [0.15, 0.2) is 0 Å². The van der Waals surface area contributed by atoms with Crippen LogP contribution < -0.4 is 5.73 Å². The molecule has 2 aromatic rings. The molecule has 0 unspecified atom stereocenters. The summed E-state index contributed by atoms with van der Waals surface area (Å²) in [6, 6.07) is 10.7. The summed E-state index contributed by atoms with van der Waals surface area (Å²) in [4.78, 5) is 9.04. The molecule has 2 aliphatic carbocycles. The SMILES string of the molecule is Nc1cc(-c2ccc(C3CCC3)cc2)nc(C2CC2)n1. The monoisotopic (exact) mass is 265 g/mol. The Bertz CT molecular complexity index is 625. The topological polar surface area (TPSA) is 51.8 Å². The predicted octanol–water partition coefficient (Wildman–Crippen LogP) is 3.87. The highest BCUT2D eigenvalue weighted by Gasteiger charge is 2.27. The molecule has 0 aliphatic heterocycles. The average Bonchev–Trinajstić information content (AvgIpc) is 3.21. The van der Waals surface area contributed by atoms with Gasteiger partial charge in [-0.1, -0.05) is 30.7 Å². The Morgan fingerprint density at radius 2 is 1.65 bits per heavy atom. The van der Waals surface area contributed by atoms with Crippen molar-refractivity contribution in [3.8, 4) is 11.3 Å². The van der Waals surface area contributed by atoms with E-state index < -0.39 is 0 Å². The first-order valence-corrected chi connectivity index (χ1v) is 7.54. The van der Waals surface area contributed by atoms with Crippen LogP contribution in [0, 0.1) is 0 Å². The van der Waals surface area contributed by atoms with Gasteiger partial charge in [0.1, 0.15) is 11.6 Å². The molecule has 0 radical (unpaired) electrons. The number of aromatic nitrogens is 2. The first kappa shape index (κ1) is 11.9. The summed E-state index contributed by atoms with van der Waals surface area (Å²) in [7, 11) is 0. The second kappa shape index (κ2) is 4.58. The number of benzene rings is 1. The van der Waals surface area contributed by atoms with E-state index >= 15 is 0 Å². The van der Waals surface area contributed by atoms with E-state index in [1.165, 1.54) is 37.7 Å². The molecule has 0 bridgehead atoms. The molecule has 2 aliphatic rings. The van der Waals surface area contributed by atoms with Gasteiger partial charge in [0.05, 0.1) is 5.69 Å². The van der Waals surface area contributed by atoms with Crippen LogP contribution in [0.5, 0.6) is 0 Å². The highest BCUT2D eigenvalue weighted by atomic mass is 15.0. The Morgan fingerprint density at radius 3 is 2.25 bits per heavy atom. The van der Waals surface area contributed by atoms with E-state index in [4.69, 9.17) is 5.73 Å². The van der Waals surface area contributed by atoms with Crippen LogP contribution in [0.25, 0.3) is 11.3 Å². The molecular weight excluding hydrogens is 246 g/mol. The number of nitrogens with two attached hydrogens (primary N) is 1. The molecule has 20 heavy (non-hydrogen) atoms. The van der Waals surface area contributed by atoms with Gasteiger partial charge in [0.25, 0.3) is 0 Å². The van der Waals surface area contributed by atoms with E-state index in [0.29, 0.717) is 11.7 Å². The second-order valence-electron chi connectivity index (χ2n) is 6.06. The lowest BCUT2D eigenvalue weighted by Gasteiger charge is -2.25. The summed E-state index contributed by atoms with van der Waals surface area (Å²) in [5, 5.41) is 0. The van der Waals surface area contributed by atoms with Gasteiger partial charge in [0.2, 0.25) is 0 Å². The van der Waals surface area contributed by atoms with Crippen LogP contribution in [0.4, 0.5) is 5.82 Å². The third kappa shape index (κ3) is 2.17. The lowest BCUT2D eigenvalue weighted by atomic mass is 9.80. The van der Waals surface area contributed by atoms with Crippen molar-refractivity contribution in [3.05, 3.63) is 41.7 Å². The number of hydrogen-bond acceptors (Lipinski definition) is 3. The van der Waals surface area contributed by atoms with Crippen molar-refractivity contribution in [2.75, 3.05) is 5.73 Å². The van der Waals surface area contributed by atoms with Crippen LogP contribution in [0.15, 0.2) is 30.3 Å². The van der Waals surface area contributed by atoms with Gasteiger partial charge in [0, 0.05) is 17.5 Å². The Morgan fingerprint density at radius 1 is 0.900 bits per heavy atom. The maximum absolute atomic E-state index is 5.92. The van der Waals surface area contributed by atoms with Crippen molar-refractivity contribution in [1.82, 2.24) is 9.97 Å². The number of anilines is 1. The van der Waals surface area contributed by atoms with Crippen LogP contribution in [0.1, 0.15) is 55.3 Å². The molecule has 0 spiro atoms. The summed E-state index contributed by atoms with van der Waals surface area (Å²) >= 11 is 0. The molecule has 3 heteroatoms. The average molecular weight is 265 g/mol. The number of rotatable bonds is 3. The molecule has 2 N–H and O–H groups in total. The van der Waals surface area contributed by atoms with Crippen LogP contribution in [-0.2, 0) is 0 Å². The Hall–Kier alpha value is -1.90. The zero-order valence-electron chi connectivity index (χ0n) is 11.5. The van der Waals surface area contributed by atoms with E-state index in [1.807, 2.05) is 6.07 Å². The van der Waals surface area contributed by atoms with Gasteiger partial charge >= 0.3 is 0 Å². The Kier molecular flexibility index (Phi) is 2.72. The maximum atomic E-state index is 5.92. The predicted molar refractivity (Wildman–Crippen MR) is 80.4 cm³/mol. The normalized spacial score (nSPS) is 18.8. The van der Waals surface area contributed by atoms with Crippen LogP contribution in [0.3, 0.4) is 0 Å². The minimum Gasteiger partial charge on any atom is -0.384 e. The van der Waals surface area contributed by atoms with E-state index in [2.05, 4.69) is 34.2 Å². The molecule has 0 amide bonds. The minimum absolute atomic E-state index is 0.534. The van der Waals surface area contributed by atoms with E-state index in [9.17, 15) is 0 Å². The molecule has 102 valence electrons. The van der Waals surface area contributed by atoms with E-state index in [-0.39, 0.29) is 0 Å². The molecule has 2 fully saturated rings.